The molecule has 0 saturated carbocycles. The lowest BCUT2D eigenvalue weighted by atomic mass is 10.0. The molecule has 0 aliphatic heterocycles. The predicted molar refractivity (Wildman–Crippen MR) is 97.5 cm³/mol. The highest BCUT2D eigenvalue weighted by molar-refractivity contribution is 6.34. The Hall–Kier alpha value is -3.05. The highest BCUT2D eigenvalue weighted by atomic mass is 35.5. The molecule has 4 rings (SSSR count). The van der Waals surface area contributed by atoms with Crippen LogP contribution < -0.4 is 10.1 Å². The van der Waals surface area contributed by atoms with E-state index in [2.05, 4.69) is 10.3 Å². The van der Waals surface area contributed by atoms with Crippen molar-refractivity contribution in [1.82, 2.24) is 4.98 Å². The van der Waals surface area contributed by atoms with Gasteiger partial charge in [-0.1, -0.05) is 29.8 Å². The molecular formula is C19H13ClN2O3. The summed E-state index contributed by atoms with van der Waals surface area (Å²) < 4.78 is 11.3. The van der Waals surface area contributed by atoms with E-state index in [1.165, 1.54) is 6.20 Å². The first-order valence-corrected chi connectivity index (χ1v) is 7.96. The summed E-state index contributed by atoms with van der Waals surface area (Å²) in [6.45, 7) is 0. The van der Waals surface area contributed by atoms with Crippen LogP contribution in [-0.4, -0.2) is 18.0 Å². The van der Waals surface area contributed by atoms with Gasteiger partial charge in [0.25, 0.3) is 5.91 Å². The Morgan fingerprint density at radius 1 is 1.20 bits per heavy atom. The number of benzene rings is 2. The predicted octanol–water partition coefficient (Wildman–Crippen LogP) is 4.90. The van der Waals surface area contributed by atoms with E-state index in [4.69, 9.17) is 20.8 Å². The van der Waals surface area contributed by atoms with Crippen LogP contribution in [-0.2, 0) is 0 Å². The summed E-state index contributed by atoms with van der Waals surface area (Å²) in [7, 11) is 1.57. The lowest BCUT2D eigenvalue weighted by Gasteiger charge is -2.09. The van der Waals surface area contributed by atoms with Crippen LogP contribution in [0.5, 0.6) is 5.75 Å². The van der Waals surface area contributed by atoms with Crippen LogP contribution in [0, 0.1) is 0 Å². The van der Waals surface area contributed by atoms with Gasteiger partial charge in [0.1, 0.15) is 5.58 Å². The summed E-state index contributed by atoms with van der Waals surface area (Å²) in [5.41, 5.74) is 2.21. The molecule has 0 unspecified atom stereocenters. The van der Waals surface area contributed by atoms with Crippen molar-refractivity contribution in [1.29, 1.82) is 0 Å². The second-order valence-corrected chi connectivity index (χ2v) is 5.83. The second-order valence-electron chi connectivity index (χ2n) is 5.43. The van der Waals surface area contributed by atoms with Gasteiger partial charge in [-0.2, -0.15) is 0 Å². The molecule has 0 atom stereocenters. The van der Waals surface area contributed by atoms with Gasteiger partial charge in [-0.15, -0.1) is 0 Å². The first kappa shape index (κ1) is 15.5. The molecule has 2 heterocycles. The third-order valence-corrected chi connectivity index (χ3v) is 4.28. The van der Waals surface area contributed by atoms with Crippen molar-refractivity contribution in [2.24, 2.45) is 0 Å². The van der Waals surface area contributed by atoms with Gasteiger partial charge in [0.05, 0.1) is 23.4 Å². The summed E-state index contributed by atoms with van der Waals surface area (Å²) in [5, 5.41) is 4.75. The van der Waals surface area contributed by atoms with Crippen molar-refractivity contribution < 1.29 is 13.9 Å². The second kappa shape index (κ2) is 6.11. The molecule has 0 fully saturated rings. The smallest absolute Gasteiger partial charge is 0.256 e. The Balaban J connectivity index is 1.90. The van der Waals surface area contributed by atoms with Crippen LogP contribution >= 0.6 is 11.6 Å². The van der Waals surface area contributed by atoms with Crippen LogP contribution in [0.25, 0.3) is 21.9 Å². The molecule has 0 saturated heterocycles. The minimum atomic E-state index is -0.285. The van der Waals surface area contributed by atoms with Gasteiger partial charge in [0.2, 0.25) is 0 Å². The van der Waals surface area contributed by atoms with Crippen LogP contribution in [0.2, 0.25) is 5.02 Å². The van der Waals surface area contributed by atoms with Gasteiger partial charge >= 0.3 is 0 Å². The first-order chi connectivity index (χ1) is 12.2. The molecule has 2 aromatic heterocycles. The topological polar surface area (TPSA) is 64.4 Å². The molecule has 124 valence electrons. The van der Waals surface area contributed by atoms with Crippen LogP contribution in [0.3, 0.4) is 0 Å². The van der Waals surface area contributed by atoms with E-state index in [1.54, 1.807) is 31.5 Å². The third-order valence-electron chi connectivity index (χ3n) is 3.98. The Labute approximate surface area is 148 Å². The number of amides is 1. The zero-order chi connectivity index (χ0) is 17.4. The number of para-hydroxylation sites is 1. The van der Waals surface area contributed by atoms with Crippen molar-refractivity contribution in [3.8, 4) is 5.75 Å². The average molecular weight is 353 g/mol. The van der Waals surface area contributed by atoms with E-state index in [1.807, 2.05) is 24.3 Å². The molecule has 2 aromatic carbocycles. The molecule has 1 N–H and O–H groups in total. The number of ether oxygens (including phenoxy) is 1. The van der Waals surface area contributed by atoms with E-state index in [-0.39, 0.29) is 5.91 Å². The van der Waals surface area contributed by atoms with Crippen molar-refractivity contribution in [3.05, 3.63) is 65.4 Å². The number of halogens is 1. The van der Waals surface area contributed by atoms with E-state index in [0.717, 1.165) is 5.39 Å². The van der Waals surface area contributed by atoms with Gasteiger partial charge in [-0.3, -0.25) is 9.78 Å². The highest BCUT2D eigenvalue weighted by Gasteiger charge is 2.20. The van der Waals surface area contributed by atoms with Gasteiger partial charge in [0, 0.05) is 23.2 Å². The maximum absolute atomic E-state index is 12.8. The van der Waals surface area contributed by atoms with Gasteiger partial charge in [-0.05, 0) is 24.3 Å². The lowest BCUT2D eigenvalue weighted by molar-refractivity contribution is 0.102. The Bertz CT molecular complexity index is 1100. The minimum Gasteiger partial charge on any atom is -0.493 e. The monoisotopic (exact) mass is 352 g/mol. The quantitative estimate of drug-likeness (QED) is 0.569. The number of methoxy groups -OCH3 is 1. The maximum atomic E-state index is 12.8. The summed E-state index contributed by atoms with van der Waals surface area (Å²) in [6, 6.07) is 12.6. The van der Waals surface area contributed by atoms with E-state index in [0.29, 0.717) is 38.6 Å². The van der Waals surface area contributed by atoms with E-state index in [9.17, 15) is 4.79 Å². The number of hydrogen-bond donors (Lipinski definition) is 1. The van der Waals surface area contributed by atoms with Gasteiger partial charge in [-0.25, -0.2) is 0 Å². The Morgan fingerprint density at radius 2 is 2.04 bits per heavy atom. The minimum absolute atomic E-state index is 0.285. The molecule has 5 nitrogen and oxygen atoms in total. The fraction of sp³-hybridized carbons (Fsp3) is 0.0526. The first-order valence-electron chi connectivity index (χ1n) is 7.58. The Kier molecular flexibility index (Phi) is 3.78. The zero-order valence-electron chi connectivity index (χ0n) is 13.2. The van der Waals surface area contributed by atoms with E-state index >= 15 is 0 Å². The molecule has 25 heavy (non-hydrogen) atoms. The van der Waals surface area contributed by atoms with Crippen molar-refractivity contribution in [2.75, 3.05) is 12.4 Å². The van der Waals surface area contributed by atoms with Crippen LogP contribution in [0.4, 0.5) is 5.69 Å². The number of aromatic nitrogens is 1. The largest absolute Gasteiger partial charge is 0.493 e. The summed E-state index contributed by atoms with van der Waals surface area (Å²) in [5.74, 6) is 0.289. The number of furan rings is 1. The number of carbonyl (C=O) groups is 1. The highest BCUT2D eigenvalue weighted by Crippen LogP contribution is 2.37. The Morgan fingerprint density at radius 3 is 2.84 bits per heavy atom. The summed E-state index contributed by atoms with van der Waals surface area (Å²) in [6.07, 6.45) is 3.05. The number of fused-ring (bicyclic) bond motifs is 3. The van der Waals surface area contributed by atoms with Gasteiger partial charge < -0.3 is 14.5 Å². The van der Waals surface area contributed by atoms with Gasteiger partial charge in [0.15, 0.2) is 11.3 Å². The molecule has 4 aromatic rings. The zero-order valence-corrected chi connectivity index (χ0v) is 14.0. The van der Waals surface area contributed by atoms with Crippen molar-refractivity contribution >= 4 is 45.1 Å². The SMILES string of the molecule is COc1ccc(C(=O)Nc2ccncc2Cl)c2c1oc1ccccc12. The van der Waals surface area contributed by atoms with Crippen LogP contribution in [0.15, 0.2) is 59.3 Å². The number of hydrogen-bond acceptors (Lipinski definition) is 4. The molecule has 6 heteroatoms. The maximum Gasteiger partial charge on any atom is 0.256 e. The number of nitrogens with one attached hydrogen (secondary N) is 1. The number of pyridine rings is 1. The molecular weight excluding hydrogens is 340 g/mol. The van der Waals surface area contributed by atoms with E-state index < -0.39 is 0 Å². The molecule has 0 aliphatic carbocycles. The fourth-order valence-corrected chi connectivity index (χ4v) is 2.99. The molecule has 0 spiro atoms. The number of anilines is 1. The number of carbonyl (C=O) groups excluding carboxylic acids is 1. The molecule has 0 aliphatic rings. The average Bonchev–Trinajstić information content (AvgIpc) is 3.02. The van der Waals surface area contributed by atoms with Crippen LogP contribution in [0.1, 0.15) is 10.4 Å². The van der Waals surface area contributed by atoms with Crippen molar-refractivity contribution in [3.63, 3.8) is 0 Å². The fourth-order valence-electron chi connectivity index (χ4n) is 2.82. The third kappa shape index (κ3) is 2.58. The molecule has 1 amide bonds. The number of nitrogens with zero attached hydrogens (tertiary/aromatic N) is 1. The normalized spacial score (nSPS) is 11.0. The number of rotatable bonds is 3. The van der Waals surface area contributed by atoms with Crippen molar-refractivity contribution in [2.45, 2.75) is 0 Å². The molecule has 0 radical (unpaired) electrons. The summed E-state index contributed by atoms with van der Waals surface area (Å²) >= 11 is 6.08. The standard InChI is InChI=1S/C19H13ClN2O3/c1-24-16-7-6-12(19(23)22-14-8-9-21-10-13(14)20)17-11-4-2-3-5-15(11)25-18(16)17/h2-10H,1H3,(H,21,22,23). The molecule has 0 bridgehead atoms. The lowest BCUT2D eigenvalue weighted by Crippen LogP contribution is -2.12. The summed E-state index contributed by atoms with van der Waals surface area (Å²) in [4.78, 5) is 16.8.